The summed E-state index contributed by atoms with van der Waals surface area (Å²) in [6.07, 6.45) is 0.525. The zero-order valence-electron chi connectivity index (χ0n) is 14.2. The second-order valence-corrected chi connectivity index (χ2v) is 7.11. The number of carbonyl (C=O) groups excluding carboxylic acids is 4. The maximum atomic E-state index is 11.6. The van der Waals surface area contributed by atoms with E-state index < -0.39 is 24.0 Å². The zero-order valence-corrected chi connectivity index (χ0v) is 15.9. The third kappa shape index (κ3) is 9.02. The van der Waals surface area contributed by atoms with Gasteiger partial charge < -0.3 is 20.1 Å². The zero-order chi connectivity index (χ0) is 18.5. The van der Waals surface area contributed by atoms with Crippen LogP contribution in [0, 0.1) is 0 Å². The molecule has 0 unspecified atom stereocenters. The Balaban J connectivity index is 4.45. The molecule has 0 heterocycles. The van der Waals surface area contributed by atoms with Crippen molar-refractivity contribution in [3.63, 3.8) is 0 Å². The molecule has 2 amide bonds. The van der Waals surface area contributed by atoms with Gasteiger partial charge in [-0.2, -0.15) is 0 Å². The van der Waals surface area contributed by atoms with Crippen LogP contribution in [-0.2, 0) is 28.7 Å². The molecule has 0 aliphatic carbocycles. The van der Waals surface area contributed by atoms with E-state index in [1.807, 2.05) is 0 Å². The number of rotatable bonds is 11. The highest BCUT2D eigenvalue weighted by Crippen LogP contribution is 2.23. The smallest absolute Gasteiger partial charge is 0.329 e. The van der Waals surface area contributed by atoms with Crippen LogP contribution < -0.4 is 10.6 Å². The maximum Gasteiger partial charge on any atom is 0.329 e. The first-order valence-electron chi connectivity index (χ1n) is 7.38. The van der Waals surface area contributed by atoms with Crippen LogP contribution in [0.5, 0.6) is 0 Å². The second kappa shape index (κ2) is 12.9. The fraction of sp³-hybridized carbons (Fsp3) is 0.714. The fourth-order valence-electron chi connectivity index (χ4n) is 1.45. The molecule has 0 bridgehead atoms. The van der Waals surface area contributed by atoms with Crippen molar-refractivity contribution in [3.8, 4) is 0 Å². The lowest BCUT2D eigenvalue weighted by Crippen LogP contribution is -2.43. The maximum absolute atomic E-state index is 11.6. The van der Waals surface area contributed by atoms with Crippen LogP contribution in [-0.4, -0.2) is 61.6 Å². The van der Waals surface area contributed by atoms with Crippen LogP contribution in [0.1, 0.15) is 26.7 Å². The molecule has 0 aromatic heterocycles. The normalized spacial score (nSPS) is 12.7. The lowest BCUT2D eigenvalue weighted by atomic mass is 10.3. The van der Waals surface area contributed by atoms with Crippen molar-refractivity contribution in [2.24, 2.45) is 0 Å². The molecule has 0 aliphatic heterocycles. The largest absolute Gasteiger partial charge is 0.467 e. The monoisotopic (exact) mass is 380 g/mol. The molecule has 0 radical (unpaired) electrons. The molecule has 0 aromatic carbocycles. The van der Waals surface area contributed by atoms with Gasteiger partial charge >= 0.3 is 11.9 Å². The van der Waals surface area contributed by atoms with Crippen molar-refractivity contribution in [2.75, 3.05) is 25.7 Å². The van der Waals surface area contributed by atoms with E-state index in [1.54, 1.807) is 13.8 Å². The summed E-state index contributed by atoms with van der Waals surface area (Å²) >= 11 is 0. The molecule has 0 fully saturated rings. The van der Waals surface area contributed by atoms with E-state index in [1.165, 1.54) is 35.8 Å². The van der Waals surface area contributed by atoms with Crippen molar-refractivity contribution in [3.05, 3.63) is 0 Å². The van der Waals surface area contributed by atoms with E-state index >= 15 is 0 Å². The van der Waals surface area contributed by atoms with Gasteiger partial charge in [-0.05, 0) is 0 Å². The van der Waals surface area contributed by atoms with Gasteiger partial charge in [0.15, 0.2) is 0 Å². The van der Waals surface area contributed by atoms with Gasteiger partial charge in [-0.25, -0.2) is 9.59 Å². The van der Waals surface area contributed by atoms with E-state index in [2.05, 4.69) is 20.1 Å². The van der Waals surface area contributed by atoms with Crippen LogP contribution in [0.2, 0.25) is 0 Å². The fourth-order valence-corrected chi connectivity index (χ4v) is 3.74. The predicted octanol–water partition coefficient (Wildman–Crippen LogP) is 0.503. The van der Waals surface area contributed by atoms with Gasteiger partial charge in [0.1, 0.15) is 12.1 Å². The van der Waals surface area contributed by atoms with Crippen LogP contribution in [0.15, 0.2) is 0 Å². The third-order valence-electron chi connectivity index (χ3n) is 2.84. The number of carbonyl (C=O) groups is 4. The van der Waals surface area contributed by atoms with E-state index in [0.717, 1.165) is 0 Å². The minimum atomic E-state index is -0.762. The van der Waals surface area contributed by atoms with Crippen LogP contribution in [0.25, 0.3) is 0 Å². The summed E-state index contributed by atoms with van der Waals surface area (Å²) in [5, 5.41) is 5.14. The first kappa shape index (κ1) is 22.6. The summed E-state index contributed by atoms with van der Waals surface area (Å²) in [6.45, 7) is 3.37. The number of methoxy groups -OCH3 is 2. The molecule has 0 saturated heterocycles. The molecule has 2 N–H and O–H groups in total. The predicted molar refractivity (Wildman–Crippen MR) is 93.4 cm³/mol. The molecular weight excluding hydrogens is 356 g/mol. The molecule has 138 valence electrons. The van der Waals surface area contributed by atoms with Crippen molar-refractivity contribution >= 4 is 45.3 Å². The summed E-state index contributed by atoms with van der Waals surface area (Å²) in [4.78, 5) is 46.1. The third-order valence-corrected chi connectivity index (χ3v) is 5.26. The Labute approximate surface area is 149 Å². The van der Waals surface area contributed by atoms with E-state index in [4.69, 9.17) is 0 Å². The summed E-state index contributed by atoms with van der Waals surface area (Å²) in [5.74, 6) is -1.02. The average molecular weight is 380 g/mol. The van der Waals surface area contributed by atoms with Crippen molar-refractivity contribution in [1.82, 2.24) is 10.6 Å². The molecular formula is C14H24N2O6S2. The number of hydrogen-bond acceptors (Lipinski definition) is 8. The highest BCUT2D eigenvalue weighted by atomic mass is 33.1. The SMILES string of the molecule is CCC(=O)N[C@@H](CSSC[C@H](NC(=O)CC)C(=O)OC)C(=O)OC. The van der Waals surface area contributed by atoms with Gasteiger partial charge in [-0.15, -0.1) is 0 Å². The van der Waals surface area contributed by atoms with Crippen LogP contribution in [0.3, 0.4) is 0 Å². The lowest BCUT2D eigenvalue weighted by molar-refractivity contribution is -0.144. The molecule has 2 atom stereocenters. The molecule has 0 aromatic rings. The lowest BCUT2D eigenvalue weighted by Gasteiger charge is -2.17. The molecule has 10 heteroatoms. The molecule has 0 aliphatic rings. The highest BCUT2D eigenvalue weighted by molar-refractivity contribution is 8.76. The standard InChI is InChI=1S/C14H24N2O6S2/c1-5-11(17)15-9(13(19)21-3)7-23-24-8-10(14(20)22-4)16-12(18)6-2/h9-10H,5-8H2,1-4H3,(H,15,17)(H,16,18)/t9-,10-/m0/s1. The Bertz CT molecular complexity index is 407. The number of hydrogen-bond donors (Lipinski definition) is 2. The highest BCUT2D eigenvalue weighted by Gasteiger charge is 2.23. The number of nitrogens with one attached hydrogen (secondary N) is 2. The van der Waals surface area contributed by atoms with E-state index in [9.17, 15) is 19.2 Å². The molecule has 0 saturated carbocycles. The van der Waals surface area contributed by atoms with Crippen LogP contribution in [0.4, 0.5) is 0 Å². The quantitative estimate of drug-likeness (QED) is 0.303. The first-order chi connectivity index (χ1) is 11.4. The molecule has 0 spiro atoms. The summed E-state index contributed by atoms with van der Waals surface area (Å²) < 4.78 is 9.30. The summed E-state index contributed by atoms with van der Waals surface area (Å²) in [7, 11) is 5.08. The Hall–Kier alpha value is -1.42. The topological polar surface area (TPSA) is 111 Å². The van der Waals surface area contributed by atoms with Gasteiger partial charge in [-0.1, -0.05) is 35.4 Å². The van der Waals surface area contributed by atoms with Crippen molar-refractivity contribution in [1.29, 1.82) is 0 Å². The Morgan fingerprint density at radius 1 is 0.792 bits per heavy atom. The minimum absolute atomic E-state index is 0.251. The molecule has 8 nitrogen and oxygen atoms in total. The van der Waals surface area contributed by atoms with Crippen molar-refractivity contribution < 1.29 is 28.7 Å². The Morgan fingerprint density at radius 3 is 1.38 bits per heavy atom. The van der Waals surface area contributed by atoms with Crippen molar-refractivity contribution in [2.45, 2.75) is 38.8 Å². The van der Waals surface area contributed by atoms with Crippen LogP contribution >= 0.6 is 21.6 Å². The number of amides is 2. The molecule has 24 heavy (non-hydrogen) atoms. The summed E-state index contributed by atoms with van der Waals surface area (Å²) in [5.41, 5.74) is 0. The second-order valence-electron chi connectivity index (χ2n) is 4.56. The molecule has 0 rings (SSSR count). The Kier molecular flexibility index (Phi) is 12.2. The number of ether oxygens (including phenoxy) is 2. The van der Waals surface area contributed by atoms with Gasteiger partial charge in [0.25, 0.3) is 0 Å². The summed E-state index contributed by atoms with van der Waals surface area (Å²) in [6, 6.07) is -1.52. The van der Waals surface area contributed by atoms with Gasteiger partial charge in [0, 0.05) is 24.3 Å². The minimum Gasteiger partial charge on any atom is -0.467 e. The van der Waals surface area contributed by atoms with Gasteiger partial charge in [0.2, 0.25) is 11.8 Å². The number of esters is 2. The average Bonchev–Trinajstić information content (AvgIpc) is 2.60. The Morgan fingerprint density at radius 2 is 1.12 bits per heavy atom. The van der Waals surface area contributed by atoms with E-state index in [0.29, 0.717) is 0 Å². The van der Waals surface area contributed by atoms with E-state index in [-0.39, 0.29) is 36.2 Å². The van der Waals surface area contributed by atoms with Gasteiger partial charge in [-0.3, -0.25) is 9.59 Å². The van der Waals surface area contributed by atoms with Gasteiger partial charge in [0.05, 0.1) is 14.2 Å². The first-order valence-corrected chi connectivity index (χ1v) is 9.87.